The van der Waals surface area contributed by atoms with Crippen LogP contribution in [-0.4, -0.2) is 24.5 Å². The molecular weight excluding hydrogens is 220 g/mol. The van der Waals surface area contributed by atoms with E-state index in [1.807, 2.05) is 0 Å². The average Bonchev–Trinajstić information content (AvgIpc) is 2.33. The predicted molar refractivity (Wildman–Crippen MR) is 60.2 cm³/mol. The Morgan fingerprint density at radius 2 is 1.88 bits per heavy atom. The molecule has 1 aliphatic rings. The molecule has 0 spiro atoms. The lowest BCUT2D eigenvalue weighted by molar-refractivity contribution is 0.0916. The molecule has 0 N–H and O–H groups in total. The first-order valence-corrected chi connectivity index (χ1v) is 5.04. The van der Waals surface area contributed by atoms with E-state index in [0.29, 0.717) is 5.56 Å². The molecular formula is C13H10O4. The fourth-order valence-electron chi connectivity index (χ4n) is 1.71. The van der Waals surface area contributed by atoms with Gasteiger partial charge in [0.25, 0.3) is 0 Å². The van der Waals surface area contributed by atoms with Gasteiger partial charge in [-0.1, -0.05) is 6.07 Å². The van der Waals surface area contributed by atoms with Crippen LogP contribution in [-0.2, 0) is 4.74 Å². The second-order valence-electron chi connectivity index (χ2n) is 3.72. The van der Waals surface area contributed by atoms with Gasteiger partial charge >= 0.3 is 0 Å². The number of fused-ring (bicyclic) bond motifs is 1. The number of methoxy groups -OCH3 is 1. The summed E-state index contributed by atoms with van der Waals surface area (Å²) in [6, 6.07) is 4.46. The molecule has 0 aliphatic heterocycles. The van der Waals surface area contributed by atoms with Crippen LogP contribution in [0.2, 0.25) is 0 Å². The van der Waals surface area contributed by atoms with E-state index in [1.165, 1.54) is 32.2 Å². The van der Waals surface area contributed by atoms with Gasteiger partial charge in [-0.2, -0.15) is 0 Å². The summed E-state index contributed by atoms with van der Waals surface area (Å²) in [5.41, 5.74) is 0.946. The van der Waals surface area contributed by atoms with Crippen molar-refractivity contribution in [3.8, 4) is 0 Å². The zero-order valence-electron chi connectivity index (χ0n) is 9.44. The molecule has 0 atom stereocenters. The van der Waals surface area contributed by atoms with E-state index in [0.717, 1.165) is 6.08 Å². The second kappa shape index (κ2) is 3.97. The maximum atomic E-state index is 11.8. The van der Waals surface area contributed by atoms with Gasteiger partial charge in [-0.15, -0.1) is 0 Å². The van der Waals surface area contributed by atoms with Crippen molar-refractivity contribution in [1.29, 1.82) is 0 Å². The number of carbonyl (C=O) groups excluding carboxylic acids is 3. The monoisotopic (exact) mass is 230 g/mol. The van der Waals surface area contributed by atoms with Crippen LogP contribution in [0.25, 0.3) is 0 Å². The zero-order valence-corrected chi connectivity index (χ0v) is 9.44. The Morgan fingerprint density at radius 3 is 2.47 bits per heavy atom. The fourth-order valence-corrected chi connectivity index (χ4v) is 1.71. The maximum absolute atomic E-state index is 11.8. The molecule has 0 saturated heterocycles. The molecule has 0 amide bonds. The van der Waals surface area contributed by atoms with Crippen LogP contribution < -0.4 is 0 Å². The number of benzene rings is 1. The molecule has 0 aromatic heterocycles. The first-order chi connectivity index (χ1) is 8.04. The minimum atomic E-state index is -0.336. The molecule has 1 aliphatic carbocycles. The standard InChI is InChI=1S/C13H10O4/c1-7(14)8-3-4-9-10(5-8)11(15)6-12(17-2)13(9)16/h3-6H,1-2H3. The van der Waals surface area contributed by atoms with Gasteiger partial charge in [-0.05, 0) is 19.1 Å². The van der Waals surface area contributed by atoms with Crippen LogP contribution in [0.15, 0.2) is 30.0 Å². The van der Waals surface area contributed by atoms with Crippen molar-refractivity contribution in [3.05, 3.63) is 46.7 Å². The van der Waals surface area contributed by atoms with Crippen molar-refractivity contribution in [2.75, 3.05) is 7.11 Å². The molecule has 0 radical (unpaired) electrons. The smallest absolute Gasteiger partial charge is 0.228 e. The third kappa shape index (κ3) is 1.78. The number of rotatable bonds is 2. The largest absolute Gasteiger partial charge is 0.492 e. The SMILES string of the molecule is COC1=CC(=O)c2cc(C(C)=O)ccc2C1=O. The molecule has 86 valence electrons. The van der Waals surface area contributed by atoms with Gasteiger partial charge in [0.15, 0.2) is 17.3 Å². The van der Waals surface area contributed by atoms with Crippen LogP contribution in [0.4, 0.5) is 0 Å². The molecule has 17 heavy (non-hydrogen) atoms. The van der Waals surface area contributed by atoms with E-state index < -0.39 is 0 Å². The summed E-state index contributed by atoms with van der Waals surface area (Å²) in [6.07, 6.45) is 1.15. The summed E-state index contributed by atoms with van der Waals surface area (Å²) < 4.78 is 4.83. The minimum absolute atomic E-state index is 0.0260. The first kappa shape index (κ1) is 11.3. The highest BCUT2D eigenvalue weighted by Gasteiger charge is 2.26. The lowest BCUT2D eigenvalue weighted by Crippen LogP contribution is -2.18. The normalized spacial score (nSPS) is 14.1. The number of ether oxygens (including phenoxy) is 1. The molecule has 0 saturated carbocycles. The maximum Gasteiger partial charge on any atom is 0.228 e. The third-order valence-electron chi connectivity index (χ3n) is 2.64. The third-order valence-corrected chi connectivity index (χ3v) is 2.64. The van der Waals surface area contributed by atoms with Gasteiger partial charge in [0.05, 0.1) is 7.11 Å². The number of Topliss-reactive ketones (excluding diaryl/α,β-unsaturated/α-hetero) is 2. The molecule has 0 bridgehead atoms. The van der Waals surface area contributed by atoms with Crippen molar-refractivity contribution in [1.82, 2.24) is 0 Å². The number of hydrogen-bond acceptors (Lipinski definition) is 4. The number of ketones is 3. The van der Waals surface area contributed by atoms with Crippen molar-refractivity contribution in [2.45, 2.75) is 6.92 Å². The van der Waals surface area contributed by atoms with Gasteiger partial charge in [0.2, 0.25) is 5.78 Å². The predicted octanol–water partition coefficient (Wildman–Crippen LogP) is 1.80. The van der Waals surface area contributed by atoms with Gasteiger partial charge in [0, 0.05) is 22.8 Å². The van der Waals surface area contributed by atoms with E-state index in [1.54, 1.807) is 0 Å². The Labute approximate surface area is 97.9 Å². The zero-order chi connectivity index (χ0) is 12.6. The Balaban J connectivity index is 2.59. The number of hydrogen-bond donors (Lipinski definition) is 0. The minimum Gasteiger partial charge on any atom is -0.492 e. The van der Waals surface area contributed by atoms with E-state index >= 15 is 0 Å². The molecule has 0 heterocycles. The number of carbonyl (C=O) groups is 3. The molecule has 1 aromatic rings. The van der Waals surface area contributed by atoms with E-state index in [4.69, 9.17) is 4.74 Å². The van der Waals surface area contributed by atoms with Crippen LogP contribution >= 0.6 is 0 Å². The summed E-state index contributed by atoms with van der Waals surface area (Å²) in [5.74, 6) is -0.774. The van der Waals surface area contributed by atoms with Gasteiger partial charge in [0.1, 0.15) is 0 Å². The Hall–Kier alpha value is -2.23. The van der Waals surface area contributed by atoms with E-state index in [2.05, 4.69) is 0 Å². The number of allylic oxidation sites excluding steroid dienone is 2. The summed E-state index contributed by atoms with van der Waals surface area (Å²) in [5, 5.41) is 0. The lowest BCUT2D eigenvalue weighted by Gasteiger charge is -2.14. The van der Waals surface area contributed by atoms with Gasteiger partial charge in [-0.25, -0.2) is 0 Å². The van der Waals surface area contributed by atoms with Crippen LogP contribution in [0.5, 0.6) is 0 Å². The second-order valence-corrected chi connectivity index (χ2v) is 3.72. The quantitative estimate of drug-likeness (QED) is 0.727. The molecule has 0 unspecified atom stereocenters. The summed E-state index contributed by atoms with van der Waals surface area (Å²) in [6.45, 7) is 1.41. The highest BCUT2D eigenvalue weighted by Crippen LogP contribution is 2.23. The summed E-state index contributed by atoms with van der Waals surface area (Å²) >= 11 is 0. The Kier molecular flexibility index (Phi) is 2.63. The van der Waals surface area contributed by atoms with Crippen molar-refractivity contribution >= 4 is 17.3 Å². The summed E-state index contributed by atoms with van der Waals surface area (Å²) in [4.78, 5) is 34.8. The highest BCUT2D eigenvalue weighted by molar-refractivity contribution is 6.24. The van der Waals surface area contributed by atoms with Crippen molar-refractivity contribution in [2.24, 2.45) is 0 Å². The average molecular weight is 230 g/mol. The summed E-state index contributed by atoms with van der Waals surface area (Å²) in [7, 11) is 1.34. The van der Waals surface area contributed by atoms with E-state index in [9.17, 15) is 14.4 Å². The van der Waals surface area contributed by atoms with Crippen molar-refractivity contribution in [3.63, 3.8) is 0 Å². The molecule has 0 fully saturated rings. The molecule has 1 aromatic carbocycles. The molecule has 2 rings (SSSR count). The van der Waals surface area contributed by atoms with Crippen LogP contribution in [0, 0.1) is 0 Å². The Morgan fingerprint density at radius 1 is 1.18 bits per heavy atom. The van der Waals surface area contributed by atoms with E-state index in [-0.39, 0.29) is 34.2 Å². The molecule has 4 nitrogen and oxygen atoms in total. The fraction of sp³-hybridized carbons (Fsp3) is 0.154. The Bertz CT molecular complexity index is 567. The van der Waals surface area contributed by atoms with Crippen LogP contribution in [0.1, 0.15) is 38.0 Å². The van der Waals surface area contributed by atoms with Crippen LogP contribution in [0.3, 0.4) is 0 Å². The lowest BCUT2D eigenvalue weighted by atomic mass is 9.91. The first-order valence-electron chi connectivity index (χ1n) is 5.04. The highest BCUT2D eigenvalue weighted by atomic mass is 16.5. The van der Waals surface area contributed by atoms with Gasteiger partial charge < -0.3 is 4.74 Å². The topological polar surface area (TPSA) is 60.4 Å². The molecule has 4 heteroatoms. The van der Waals surface area contributed by atoms with Gasteiger partial charge in [-0.3, -0.25) is 14.4 Å². The van der Waals surface area contributed by atoms with Crippen molar-refractivity contribution < 1.29 is 19.1 Å².